The van der Waals surface area contributed by atoms with Crippen molar-refractivity contribution < 1.29 is 9.53 Å². The summed E-state index contributed by atoms with van der Waals surface area (Å²) in [6.45, 7) is 9.80. The van der Waals surface area contributed by atoms with E-state index in [1.807, 2.05) is 11.0 Å². The number of rotatable bonds is 4. The Morgan fingerprint density at radius 1 is 1.15 bits per heavy atom. The van der Waals surface area contributed by atoms with E-state index in [0.29, 0.717) is 25.0 Å². The first kappa shape index (κ1) is 19.0. The topological polar surface area (TPSA) is 36.0 Å². The first-order valence-electron chi connectivity index (χ1n) is 10.2. The van der Waals surface area contributed by atoms with Gasteiger partial charge < -0.3 is 14.5 Å². The number of amides is 1. The van der Waals surface area contributed by atoms with E-state index in [1.165, 1.54) is 24.1 Å². The van der Waals surface area contributed by atoms with Crippen molar-refractivity contribution >= 4 is 23.2 Å². The van der Waals surface area contributed by atoms with Gasteiger partial charge >= 0.3 is 0 Å². The molecule has 1 amide bonds. The molecule has 0 aromatic heterocycles. The number of benzene rings is 1. The third-order valence-corrected chi connectivity index (χ3v) is 6.60. The summed E-state index contributed by atoms with van der Waals surface area (Å²) in [5, 5.41) is 0.843. The van der Waals surface area contributed by atoms with Crippen molar-refractivity contribution in [3.8, 4) is 0 Å². The summed E-state index contributed by atoms with van der Waals surface area (Å²) in [4.78, 5) is 19.8. The van der Waals surface area contributed by atoms with E-state index in [4.69, 9.17) is 16.3 Å². The van der Waals surface area contributed by atoms with E-state index in [2.05, 4.69) is 28.9 Å². The van der Waals surface area contributed by atoms with Crippen LogP contribution in [0.3, 0.4) is 0 Å². The summed E-state index contributed by atoms with van der Waals surface area (Å²) in [5.41, 5.74) is 2.49. The Bertz CT molecular complexity index is 671. The van der Waals surface area contributed by atoms with Gasteiger partial charge in [0.25, 0.3) is 0 Å². The predicted molar refractivity (Wildman–Crippen MR) is 108 cm³/mol. The second kappa shape index (κ2) is 8.38. The molecule has 0 bridgehead atoms. The molecule has 5 nitrogen and oxygen atoms in total. The fraction of sp³-hybridized carbons (Fsp3) is 0.667. The zero-order valence-electron chi connectivity index (χ0n) is 16.2. The first-order chi connectivity index (χ1) is 13.1. The van der Waals surface area contributed by atoms with Crippen molar-refractivity contribution in [2.75, 3.05) is 57.4 Å². The van der Waals surface area contributed by atoms with E-state index < -0.39 is 0 Å². The lowest BCUT2D eigenvalue weighted by Gasteiger charge is -2.30. The van der Waals surface area contributed by atoms with Crippen LogP contribution in [0, 0.1) is 11.8 Å². The minimum Gasteiger partial charge on any atom is -0.378 e. The number of carbonyl (C=O) groups excluding carboxylic acids is 1. The number of anilines is 1. The van der Waals surface area contributed by atoms with Crippen LogP contribution < -0.4 is 4.90 Å². The SMILES string of the molecule is C[C@@H]1CN(Cc2c(Cl)cccc2N2CCCC2)C[C@H]1C(=O)N1CCOCC1. The number of hydrogen-bond acceptors (Lipinski definition) is 4. The van der Waals surface area contributed by atoms with Crippen LogP contribution in [-0.2, 0) is 16.1 Å². The standard InChI is InChI=1S/C21H30ClN3O2/c1-16-13-23(14-17(16)21(26)25-9-11-27-12-10-25)15-18-19(22)5-4-6-20(18)24-7-2-3-8-24/h4-6,16-17H,2-3,7-15H2,1H3/t16-,17-/m1/s1. The second-order valence-corrected chi connectivity index (χ2v) is 8.55. The van der Waals surface area contributed by atoms with E-state index in [9.17, 15) is 4.79 Å². The molecule has 3 heterocycles. The molecule has 4 rings (SSSR count). The maximum absolute atomic E-state index is 13.0. The lowest BCUT2D eigenvalue weighted by molar-refractivity contribution is -0.140. The molecule has 27 heavy (non-hydrogen) atoms. The summed E-state index contributed by atoms with van der Waals surface area (Å²) >= 11 is 6.60. The molecule has 0 unspecified atom stereocenters. The van der Waals surface area contributed by atoms with Gasteiger partial charge in [-0.2, -0.15) is 0 Å². The molecule has 2 atom stereocenters. The third kappa shape index (κ3) is 4.10. The van der Waals surface area contributed by atoms with Crippen LogP contribution in [-0.4, -0.2) is 68.2 Å². The van der Waals surface area contributed by atoms with Gasteiger partial charge in [-0.15, -0.1) is 0 Å². The molecule has 3 saturated heterocycles. The highest BCUT2D eigenvalue weighted by Crippen LogP contribution is 2.34. The predicted octanol–water partition coefficient (Wildman–Crippen LogP) is 2.87. The lowest BCUT2D eigenvalue weighted by atomic mass is 9.96. The van der Waals surface area contributed by atoms with Gasteiger partial charge in [0.05, 0.1) is 19.1 Å². The number of ether oxygens (including phenoxy) is 1. The van der Waals surface area contributed by atoms with Gasteiger partial charge in [-0.1, -0.05) is 24.6 Å². The van der Waals surface area contributed by atoms with Crippen molar-refractivity contribution in [3.63, 3.8) is 0 Å². The first-order valence-corrected chi connectivity index (χ1v) is 10.6. The van der Waals surface area contributed by atoms with Crippen molar-refractivity contribution in [2.45, 2.75) is 26.3 Å². The van der Waals surface area contributed by atoms with Crippen LogP contribution in [0.1, 0.15) is 25.3 Å². The summed E-state index contributed by atoms with van der Waals surface area (Å²) in [7, 11) is 0. The fourth-order valence-electron chi connectivity index (χ4n) is 4.72. The molecular formula is C21H30ClN3O2. The maximum Gasteiger partial charge on any atom is 0.227 e. The van der Waals surface area contributed by atoms with E-state index in [1.54, 1.807) is 0 Å². The Balaban J connectivity index is 1.45. The highest BCUT2D eigenvalue weighted by atomic mass is 35.5. The number of morpholine rings is 1. The summed E-state index contributed by atoms with van der Waals surface area (Å²) in [5.74, 6) is 0.756. The lowest BCUT2D eigenvalue weighted by Crippen LogP contribution is -2.45. The number of halogens is 1. The Labute approximate surface area is 167 Å². The van der Waals surface area contributed by atoms with Gasteiger partial charge in [-0.05, 0) is 30.9 Å². The van der Waals surface area contributed by atoms with E-state index in [0.717, 1.165) is 50.8 Å². The summed E-state index contributed by atoms with van der Waals surface area (Å²) < 4.78 is 5.39. The molecule has 0 aliphatic carbocycles. The summed E-state index contributed by atoms with van der Waals surface area (Å²) in [6, 6.07) is 6.24. The number of likely N-dealkylation sites (tertiary alicyclic amines) is 1. The van der Waals surface area contributed by atoms with Gasteiger partial charge in [0.2, 0.25) is 5.91 Å². The molecule has 6 heteroatoms. The average molecular weight is 392 g/mol. The van der Waals surface area contributed by atoms with Crippen LogP contribution in [0.5, 0.6) is 0 Å². The molecular weight excluding hydrogens is 362 g/mol. The zero-order chi connectivity index (χ0) is 18.8. The average Bonchev–Trinajstić information content (AvgIpc) is 3.33. The third-order valence-electron chi connectivity index (χ3n) is 6.25. The molecule has 0 saturated carbocycles. The maximum atomic E-state index is 13.0. The molecule has 0 spiro atoms. The molecule has 3 aliphatic heterocycles. The smallest absolute Gasteiger partial charge is 0.227 e. The molecule has 0 radical (unpaired) electrons. The number of carbonyl (C=O) groups is 1. The van der Waals surface area contributed by atoms with Crippen molar-refractivity contribution in [1.82, 2.24) is 9.80 Å². The fourth-order valence-corrected chi connectivity index (χ4v) is 4.95. The van der Waals surface area contributed by atoms with E-state index in [-0.39, 0.29) is 5.92 Å². The second-order valence-electron chi connectivity index (χ2n) is 8.15. The largest absolute Gasteiger partial charge is 0.378 e. The Kier molecular flexibility index (Phi) is 5.90. The Morgan fingerprint density at radius 3 is 2.63 bits per heavy atom. The van der Waals surface area contributed by atoms with Crippen molar-refractivity contribution in [2.24, 2.45) is 11.8 Å². The van der Waals surface area contributed by atoms with Gasteiger partial charge in [-0.3, -0.25) is 9.69 Å². The van der Waals surface area contributed by atoms with Gasteiger partial charge in [-0.25, -0.2) is 0 Å². The van der Waals surface area contributed by atoms with Crippen molar-refractivity contribution in [3.05, 3.63) is 28.8 Å². The van der Waals surface area contributed by atoms with Gasteiger partial charge in [0.1, 0.15) is 0 Å². The van der Waals surface area contributed by atoms with Gasteiger partial charge in [0.15, 0.2) is 0 Å². The van der Waals surface area contributed by atoms with Crippen LogP contribution in [0.25, 0.3) is 0 Å². The highest BCUT2D eigenvalue weighted by Gasteiger charge is 2.37. The molecule has 3 aliphatic rings. The Morgan fingerprint density at radius 2 is 1.89 bits per heavy atom. The van der Waals surface area contributed by atoms with Crippen LogP contribution in [0.4, 0.5) is 5.69 Å². The minimum atomic E-state index is 0.0841. The molecule has 1 aromatic carbocycles. The molecule has 0 N–H and O–H groups in total. The normalized spacial score (nSPS) is 26.7. The zero-order valence-corrected chi connectivity index (χ0v) is 17.0. The van der Waals surface area contributed by atoms with Crippen LogP contribution >= 0.6 is 11.6 Å². The molecule has 3 fully saturated rings. The number of hydrogen-bond donors (Lipinski definition) is 0. The quantitative estimate of drug-likeness (QED) is 0.790. The minimum absolute atomic E-state index is 0.0841. The number of nitrogens with zero attached hydrogens (tertiary/aromatic N) is 3. The van der Waals surface area contributed by atoms with Gasteiger partial charge in [0, 0.05) is 62.1 Å². The summed E-state index contributed by atoms with van der Waals surface area (Å²) in [6.07, 6.45) is 2.51. The highest BCUT2D eigenvalue weighted by molar-refractivity contribution is 6.31. The van der Waals surface area contributed by atoms with Crippen LogP contribution in [0.2, 0.25) is 5.02 Å². The monoisotopic (exact) mass is 391 g/mol. The van der Waals surface area contributed by atoms with Crippen molar-refractivity contribution in [1.29, 1.82) is 0 Å². The van der Waals surface area contributed by atoms with Crippen LogP contribution in [0.15, 0.2) is 18.2 Å². The molecule has 148 valence electrons. The van der Waals surface area contributed by atoms with E-state index >= 15 is 0 Å². The molecule has 1 aromatic rings. The Hall–Kier alpha value is -1.30.